The van der Waals surface area contributed by atoms with Crippen molar-refractivity contribution >= 4 is 11.9 Å². The molecule has 0 bridgehead atoms. The third-order valence-corrected chi connectivity index (χ3v) is 4.39. The minimum absolute atomic E-state index is 0.194. The van der Waals surface area contributed by atoms with Crippen molar-refractivity contribution in [1.82, 2.24) is 14.7 Å². The third kappa shape index (κ3) is 2.86. The predicted molar refractivity (Wildman–Crippen MR) is 80.2 cm³/mol. The number of amides is 1. The van der Waals surface area contributed by atoms with Crippen LogP contribution in [-0.4, -0.2) is 50.9 Å². The van der Waals surface area contributed by atoms with E-state index >= 15 is 0 Å². The zero-order valence-electron chi connectivity index (χ0n) is 12.9. The molecule has 1 aliphatic rings. The second-order valence-electron chi connectivity index (χ2n) is 5.86. The van der Waals surface area contributed by atoms with E-state index in [0.717, 1.165) is 4.90 Å². The Morgan fingerprint density at radius 2 is 1.88 bits per heavy atom. The van der Waals surface area contributed by atoms with Gasteiger partial charge in [0, 0.05) is 31.0 Å². The number of benzene rings is 1. The highest BCUT2D eigenvalue weighted by Gasteiger charge is 2.64. The minimum atomic E-state index is -4.92. The molecular weight excluding hydrogens is 339 g/mol. The summed E-state index contributed by atoms with van der Waals surface area (Å²) in [5.41, 5.74) is -2.02. The number of carbonyl (C=O) groups excluding carboxylic acids is 1. The molecule has 1 aliphatic heterocycles. The van der Waals surface area contributed by atoms with Crippen LogP contribution in [0.4, 0.5) is 13.2 Å². The highest BCUT2D eigenvalue weighted by atomic mass is 19.4. The number of nitrogens with zero attached hydrogens (tertiary/aromatic N) is 3. The molecule has 6 nitrogen and oxygen atoms in total. The van der Waals surface area contributed by atoms with Gasteiger partial charge in [0.15, 0.2) is 5.41 Å². The van der Waals surface area contributed by atoms with E-state index < -0.39 is 36.4 Å². The van der Waals surface area contributed by atoms with Gasteiger partial charge in [-0.1, -0.05) is 0 Å². The standard InChI is InChI=1S/C16H14F3N3O3/c17-16(18,19)15(14(24)25)6-9-21(10-15)13(23)11-2-4-12(5-3-11)22-8-1-7-20-22/h1-5,7-8H,6,9-10H2,(H,24,25). The van der Waals surface area contributed by atoms with E-state index in [1.165, 1.54) is 12.1 Å². The second-order valence-corrected chi connectivity index (χ2v) is 5.86. The molecule has 0 radical (unpaired) electrons. The molecule has 1 fully saturated rings. The van der Waals surface area contributed by atoms with Crippen LogP contribution < -0.4 is 0 Å². The molecule has 1 unspecified atom stereocenters. The number of carboxylic acids is 1. The van der Waals surface area contributed by atoms with E-state index in [0.29, 0.717) is 5.69 Å². The Hall–Kier alpha value is -2.84. The van der Waals surface area contributed by atoms with Gasteiger partial charge in [0.25, 0.3) is 5.91 Å². The first-order valence-corrected chi connectivity index (χ1v) is 7.44. The molecule has 1 N–H and O–H groups in total. The maximum Gasteiger partial charge on any atom is 0.406 e. The summed E-state index contributed by atoms with van der Waals surface area (Å²) >= 11 is 0. The van der Waals surface area contributed by atoms with Crippen molar-refractivity contribution < 1.29 is 27.9 Å². The Morgan fingerprint density at radius 3 is 2.36 bits per heavy atom. The number of rotatable bonds is 3. The summed E-state index contributed by atoms with van der Waals surface area (Å²) in [5.74, 6) is -2.58. The molecule has 1 aromatic carbocycles. The number of carboxylic acid groups (broad SMARTS) is 1. The third-order valence-electron chi connectivity index (χ3n) is 4.39. The minimum Gasteiger partial charge on any atom is -0.481 e. The predicted octanol–water partition coefficient (Wildman–Crippen LogP) is 2.35. The van der Waals surface area contributed by atoms with Gasteiger partial charge in [-0.2, -0.15) is 18.3 Å². The highest BCUT2D eigenvalue weighted by molar-refractivity contribution is 5.95. The molecule has 0 saturated carbocycles. The van der Waals surface area contributed by atoms with Crippen molar-refractivity contribution in [2.24, 2.45) is 5.41 Å². The lowest BCUT2D eigenvalue weighted by Crippen LogP contribution is -2.47. The number of aromatic nitrogens is 2. The average molecular weight is 353 g/mol. The van der Waals surface area contributed by atoms with Gasteiger partial charge in [0.1, 0.15) is 0 Å². The van der Waals surface area contributed by atoms with Crippen molar-refractivity contribution in [1.29, 1.82) is 0 Å². The monoisotopic (exact) mass is 353 g/mol. The van der Waals surface area contributed by atoms with E-state index in [1.54, 1.807) is 35.3 Å². The largest absolute Gasteiger partial charge is 0.481 e. The Labute approximate surface area is 140 Å². The maximum absolute atomic E-state index is 13.2. The molecule has 0 aliphatic carbocycles. The van der Waals surface area contributed by atoms with Crippen LogP contribution in [0.1, 0.15) is 16.8 Å². The summed E-state index contributed by atoms with van der Waals surface area (Å²) in [4.78, 5) is 24.5. The SMILES string of the molecule is O=C(c1ccc(-n2cccn2)cc1)N1CCC(C(=O)O)(C(F)(F)F)C1. The van der Waals surface area contributed by atoms with Crippen LogP contribution in [0.15, 0.2) is 42.7 Å². The first kappa shape index (κ1) is 17.0. The lowest BCUT2D eigenvalue weighted by Gasteiger charge is -2.27. The molecule has 9 heteroatoms. The number of aliphatic carboxylic acids is 1. The summed E-state index contributed by atoms with van der Waals surface area (Å²) in [5, 5.41) is 13.1. The fourth-order valence-electron chi connectivity index (χ4n) is 2.87. The summed E-state index contributed by atoms with van der Waals surface area (Å²) in [6.45, 7) is -1.14. The smallest absolute Gasteiger partial charge is 0.406 e. The molecular formula is C16H14F3N3O3. The molecule has 132 valence electrons. The van der Waals surface area contributed by atoms with Gasteiger partial charge < -0.3 is 10.0 Å². The van der Waals surface area contributed by atoms with Crippen LogP contribution in [0.25, 0.3) is 5.69 Å². The molecule has 2 aromatic rings. The number of halogens is 3. The fourth-order valence-corrected chi connectivity index (χ4v) is 2.87. The zero-order valence-corrected chi connectivity index (χ0v) is 12.9. The summed E-state index contributed by atoms with van der Waals surface area (Å²) in [7, 11) is 0. The Balaban J connectivity index is 1.79. The van der Waals surface area contributed by atoms with Crippen molar-refractivity contribution in [2.75, 3.05) is 13.1 Å². The van der Waals surface area contributed by atoms with E-state index in [-0.39, 0.29) is 12.1 Å². The molecule has 1 atom stereocenters. The number of hydrogen-bond donors (Lipinski definition) is 1. The molecule has 0 spiro atoms. The number of hydrogen-bond acceptors (Lipinski definition) is 3. The number of alkyl halides is 3. The lowest BCUT2D eigenvalue weighted by molar-refractivity contribution is -0.227. The quantitative estimate of drug-likeness (QED) is 0.919. The molecule has 1 aromatic heterocycles. The lowest BCUT2D eigenvalue weighted by atomic mass is 9.86. The first-order chi connectivity index (χ1) is 11.7. The molecule has 1 amide bonds. The van der Waals surface area contributed by atoms with Crippen LogP contribution in [0.3, 0.4) is 0 Å². The molecule has 3 rings (SSSR count). The van der Waals surface area contributed by atoms with Crippen molar-refractivity contribution in [3.05, 3.63) is 48.3 Å². The topological polar surface area (TPSA) is 75.4 Å². The van der Waals surface area contributed by atoms with Crippen LogP contribution in [0, 0.1) is 5.41 Å². The average Bonchev–Trinajstić information content (AvgIpc) is 3.24. The van der Waals surface area contributed by atoms with Crippen molar-refractivity contribution in [3.63, 3.8) is 0 Å². The number of likely N-dealkylation sites (tertiary alicyclic amines) is 1. The Kier molecular flexibility index (Phi) is 4.02. The maximum atomic E-state index is 13.2. The molecule has 2 heterocycles. The molecule has 1 saturated heterocycles. The Bertz CT molecular complexity index is 787. The zero-order chi connectivity index (χ0) is 18.2. The van der Waals surface area contributed by atoms with Gasteiger partial charge in [0.05, 0.1) is 5.69 Å². The second kappa shape index (κ2) is 5.91. The van der Waals surface area contributed by atoms with Gasteiger partial charge in [-0.3, -0.25) is 9.59 Å². The van der Waals surface area contributed by atoms with Crippen LogP contribution in [-0.2, 0) is 4.79 Å². The van der Waals surface area contributed by atoms with Crippen LogP contribution in [0.2, 0.25) is 0 Å². The van der Waals surface area contributed by atoms with Crippen molar-refractivity contribution in [3.8, 4) is 5.69 Å². The van der Waals surface area contributed by atoms with E-state index in [1.807, 2.05) is 0 Å². The van der Waals surface area contributed by atoms with Crippen molar-refractivity contribution in [2.45, 2.75) is 12.6 Å². The van der Waals surface area contributed by atoms with E-state index in [4.69, 9.17) is 5.11 Å². The van der Waals surface area contributed by atoms with Crippen LogP contribution >= 0.6 is 0 Å². The van der Waals surface area contributed by atoms with Gasteiger partial charge in [-0.25, -0.2) is 4.68 Å². The van der Waals surface area contributed by atoms with E-state index in [2.05, 4.69) is 5.10 Å². The summed E-state index contributed by atoms with van der Waals surface area (Å²) in [6.07, 6.45) is -2.27. The van der Waals surface area contributed by atoms with Gasteiger partial charge in [-0.05, 0) is 36.8 Å². The Morgan fingerprint density at radius 1 is 1.20 bits per heavy atom. The normalized spacial score (nSPS) is 20.7. The summed E-state index contributed by atoms with van der Waals surface area (Å²) < 4.78 is 41.1. The van der Waals surface area contributed by atoms with E-state index in [9.17, 15) is 22.8 Å². The van der Waals surface area contributed by atoms with Gasteiger partial charge in [0.2, 0.25) is 0 Å². The highest BCUT2D eigenvalue weighted by Crippen LogP contribution is 2.46. The number of carbonyl (C=O) groups is 2. The first-order valence-electron chi connectivity index (χ1n) is 7.44. The molecule has 25 heavy (non-hydrogen) atoms. The van der Waals surface area contributed by atoms with Crippen LogP contribution in [0.5, 0.6) is 0 Å². The van der Waals surface area contributed by atoms with Gasteiger partial charge >= 0.3 is 12.1 Å². The van der Waals surface area contributed by atoms with Gasteiger partial charge in [-0.15, -0.1) is 0 Å². The summed E-state index contributed by atoms with van der Waals surface area (Å²) in [6, 6.07) is 7.92. The fraction of sp³-hybridized carbons (Fsp3) is 0.312.